The van der Waals surface area contributed by atoms with E-state index in [1.165, 1.54) is 25.7 Å². The fourth-order valence-corrected chi connectivity index (χ4v) is 3.34. The van der Waals surface area contributed by atoms with Gasteiger partial charge >= 0.3 is 11.9 Å². The molecule has 1 aliphatic rings. The van der Waals surface area contributed by atoms with E-state index in [4.69, 9.17) is 33.4 Å². The van der Waals surface area contributed by atoms with E-state index >= 15 is 0 Å². The van der Waals surface area contributed by atoms with Gasteiger partial charge in [0, 0.05) is 24.7 Å². The summed E-state index contributed by atoms with van der Waals surface area (Å²) < 4.78 is 0. The molecule has 1 heterocycles. The Morgan fingerprint density at radius 3 is 2.32 bits per heavy atom. The third kappa shape index (κ3) is 9.55. The van der Waals surface area contributed by atoms with Crippen molar-refractivity contribution >= 4 is 35.1 Å². The monoisotopic (exact) mass is 430 g/mol. The van der Waals surface area contributed by atoms with Crippen LogP contribution >= 0.6 is 23.2 Å². The molecule has 0 atom stereocenters. The highest BCUT2D eigenvalue weighted by Gasteiger charge is 2.21. The minimum Gasteiger partial charge on any atom is -0.478 e. The fourth-order valence-electron chi connectivity index (χ4n) is 2.96. The lowest BCUT2D eigenvalue weighted by Crippen LogP contribution is -2.43. The van der Waals surface area contributed by atoms with E-state index in [2.05, 4.69) is 23.2 Å². The van der Waals surface area contributed by atoms with Crippen molar-refractivity contribution in [2.24, 2.45) is 0 Å². The van der Waals surface area contributed by atoms with Crippen LogP contribution < -0.4 is 5.32 Å². The summed E-state index contributed by atoms with van der Waals surface area (Å²) in [5.74, 6) is -2.51. The summed E-state index contributed by atoms with van der Waals surface area (Å²) in [5.41, 5.74) is 1.15. The second-order valence-corrected chi connectivity index (χ2v) is 7.31. The molecule has 28 heavy (non-hydrogen) atoms. The highest BCUT2D eigenvalue weighted by molar-refractivity contribution is 6.42. The van der Waals surface area contributed by atoms with E-state index in [1.54, 1.807) is 0 Å². The van der Waals surface area contributed by atoms with Crippen molar-refractivity contribution in [1.29, 1.82) is 0 Å². The lowest BCUT2D eigenvalue weighted by Gasteiger charge is -2.35. The van der Waals surface area contributed by atoms with E-state index in [9.17, 15) is 9.59 Å². The van der Waals surface area contributed by atoms with Crippen LogP contribution in [0.25, 0.3) is 0 Å². The molecule has 3 N–H and O–H groups in total. The Hall–Kier alpha value is -1.60. The van der Waals surface area contributed by atoms with Crippen LogP contribution in [0.4, 0.5) is 0 Å². The van der Waals surface area contributed by atoms with Crippen molar-refractivity contribution in [2.75, 3.05) is 19.6 Å². The molecule has 1 aliphatic heterocycles. The van der Waals surface area contributed by atoms with Crippen LogP contribution in [0.3, 0.4) is 0 Å². The molecule has 0 spiro atoms. The number of hydrogen-bond donors (Lipinski definition) is 3. The Kier molecular flexibility index (Phi) is 11.8. The number of carboxylic acids is 2. The Balaban J connectivity index is 0.000000416. The summed E-state index contributed by atoms with van der Waals surface area (Å²) in [5, 5.41) is 20.4. The van der Waals surface area contributed by atoms with Gasteiger partial charge in [0.15, 0.2) is 0 Å². The lowest BCUT2D eigenvalue weighted by atomic mass is 10.0. The molecule has 6 nitrogen and oxygen atoms in total. The summed E-state index contributed by atoms with van der Waals surface area (Å²) in [4.78, 5) is 21.7. The standard InChI is InChI=1S/C16H24Cl2N2.C4H4O4/c1-2-3-11-20(14-7-9-19-10-8-14)12-13-5-4-6-15(17)16(13)18;5-3(6)1-2-4(7)8/h4-6,14,19H,2-3,7-12H2,1H3;1-2H,(H,5,6)(H,7,8). The molecule has 0 saturated carbocycles. The molecule has 0 unspecified atom stereocenters. The van der Waals surface area contributed by atoms with Gasteiger partial charge in [-0.25, -0.2) is 9.59 Å². The van der Waals surface area contributed by atoms with Crippen molar-refractivity contribution in [3.8, 4) is 0 Å². The highest BCUT2D eigenvalue weighted by atomic mass is 35.5. The maximum Gasteiger partial charge on any atom is 0.328 e. The zero-order valence-corrected chi connectivity index (χ0v) is 17.5. The van der Waals surface area contributed by atoms with Gasteiger partial charge in [-0.15, -0.1) is 0 Å². The zero-order chi connectivity index (χ0) is 20.9. The number of benzene rings is 1. The van der Waals surface area contributed by atoms with E-state index < -0.39 is 11.9 Å². The second kappa shape index (κ2) is 13.6. The molecule has 156 valence electrons. The van der Waals surface area contributed by atoms with Crippen LogP contribution in [0.1, 0.15) is 38.2 Å². The van der Waals surface area contributed by atoms with Crippen LogP contribution in [0, 0.1) is 0 Å². The molecular weight excluding hydrogens is 403 g/mol. The molecule has 0 aromatic heterocycles. The van der Waals surface area contributed by atoms with Crippen molar-refractivity contribution < 1.29 is 19.8 Å². The first-order valence-electron chi connectivity index (χ1n) is 9.36. The van der Waals surface area contributed by atoms with Crippen LogP contribution in [0.2, 0.25) is 10.0 Å². The number of unbranched alkanes of at least 4 members (excludes halogenated alkanes) is 1. The van der Waals surface area contributed by atoms with Gasteiger partial charge < -0.3 is 15.5 Å². The van der Waals surface area contributed by atoms with Gasteiger partial charge in [0.2, 0.25) is 0 Å². The quantitative estimate of drug-likeness (QED) is 0.538. The molecule has 1 saturated heterocycles. The summed E-state index contributed by atoms with van der Waals surface area (Å²) in [6, 6.07) is 6.60. The molecule has 8 heteroatoms. The molecule has 2 rings (SSSR count). The van der Waals surface area contributed by atoms with E-state index in [1.807, 2.05) is 12.1 Å². The average Bonchev–Trinajstić information content (AvgIpc) is 2.68. The molecule has 0 aliphatic carbocycles. The van der Waals surface area contributed by atoms with Gasteiger partial charge in [0.05, 0.1) is 10.0 Å². The SMILES string of the molecule is CCCCN(Cc1cccc(Cl)c1Cl)C1CCNCC1.O=C(O)C=CC(=O)O. The molecule has 1 aromatic carbocycles. The van der Waals surface area contributed by atoms with Gasteiger partial charge in [-0.3, -0.25) is 4.90 Å². The van der Waals surface area contributed by atoms with Crippen molar-refractivity contribution in [3.63, 3.8) is 0 Å². The molecule has 1 fully saturated rings. The number of hydrogen-bond acceptors (Lipinski definition) is 4. The van der Waals surface area contributed by atoms with Crippen molar-refractivity contribution in [3.05, 3.63) is 46.0 Å². The molecule has 0 bridgehead atoms. The maximum atomic E-state index is 9.55. The van der Waals surface area contributed by atoms with Crippen LogP contribution in [-0.2, 0) is 16.1 Å². The van der Waals surface area contributed by atoms with Gasteiger partial charge in [-0.2, -0.15) is 0 Å². The van der Waals surface area contributed by atoms with Crippen molar-refractivity contribution in [2.45, 2.75) is 45.2 Å². The van der Waals surface area contributed by atoms with Gasteiger partial charge in [-0.1, -0.05) is 48.7 Å². The van der Waals surface area contributed by atoms with Crippen LogP contribution in [0.15, 0.2) is 30.4 Å². The Labute approximate surface area is 176 Å². The summed E-state index contributed by atoms with van der Waals surface area (Å²) in [6.45, 7) is 6.54. The minimum absolute atomic E-state index is 0.558. The third-order valence-corrected chi connectivity index (χ3v) is 5.26. The third-order valence-electron chi connectivity index (χ3n) is 4.40. The first-order valence-corrected chi connectivity index (χ1v) is 10.1. The topological polar surface area (TPSA) is 89.9 Å². The normalized spacial score (nSPS) is 14.7. The van der Waals surface area contributed by atoms with E-state index in [-0.39, 0.29) is 0 Å². The largest absolute Gasteiger partial charge is 0.478 e. The number of carboxylic acid groups (broad SMARTS) is 2. The minimum atomic E-state index is -1.26. The van der Waals surface area contributed by atoms with Gasteiger partial charge in [0.25, 0.3) is 0 Å². The first-order chi connectivity index (χ1) is 13.3. The number of rotatable bonds is 8. The lowest BCUT2D eigenvalue weighted by molar-refractivity contribution is -0.134. The number of aliphatic carboxylic acids is 2. The highest BCUT2D eigenvalue weighted by Crippen LogP contribution is 2.28. The summed E-state index contributed by atoms with van der Waals surface area (Å²) >= 11 is 12.5. The number of carbonyl (C=O) groups is 2. The molecule has 1 aromatic rings. The Morgan fingerprint density at radius 2 is 1.79 bits per heavy atom. The van der Waals surface area contributed by atoms with Gasteiger partial charge in [-0.05, 0) is 50.5 Å². The predicted octanol–water partition coefficient (Wildman–Crippen LogP) is 4.06. The Bertz CT molecular complexity index is 646. The van der Waals surface area contributed by atoms with Crippen molar-refractivity contribution in [1.82, 2.24) is 10.2 Å². The molecular formula is C20H28Cl2N2O4. The average molecular weight is 431 g/mol. The number of nitrogens with zero attached hydrogens (tertiary/aromatic N) is 1. The molecule has 0 radical (unpaired) electrons. The smallest absolute Gasteiger partial charge is 0.328 e. The second-order valence-electron chi connectivity index (χ2n) is 6.53. The van der Waals surface area contributed by atoms with E-state index in [0.717, 1.165) is 31.7 Å². The maximum absolute atomic E-state index is 9.55. The van der Waals surface area contributed by atoms with Crippen LogP contribution in [-0.4, -0.2) is 52.7 Å². The zero-order valence-electron chi connectivity index (χ0n) is 16.0. The van der Waals surface area contributed by atoms with Crippen LogP contribution in [0.5, 0.6) is 0 Å². The number of halogens is 2. The van der Waals surface area contributed by atoms with Gasteiger partial charge in [0.1, 0.15) is 0 Å². The first kappa shape index (κ1) is 24.4. The fraction of sp³-hybridized carbons (Fsp3) is 0.500. The predicted molar refractivity (Wildman–Crippen MR) is 112 cm³/mol. The number of piperidine rings is 1. The summed E-state index contributed by atoms with van der Waals surface area (Å²) in [6.07, 6.45) is 6.03. The molecule has 0 amide bonds. The number of nitrogens with one attached hydrogen (secondary N) is 1. The Morgan fingerprint density at radius 1 is 1.18 bits per heavy atom. The van der Waals surface area contributed by atoms with E-state index in [0.29, 0.717) is 28.2 Å². The summed E-state index contributed by atoms with van der Waals surface area (Å²) in [7, 11) is 0.